The molecule has 3 atom stereocenters. The molecule has 2 aliphatic heterocycles. The third-order valence-corrected chi connectivity index (χ3v) is 5.87. The lowest BCUT2D eigenvalue weighted by molar-refractivity contribution is -0.132. The number of rotatable bonds is 2. The fraction of sp³-hybridized carbons (Fsp3) is 0.409. The maximum absolute atomic E-state index is 13.2. The third-order valence-electron chi connectivity index (χ3n) is 5.87. The third kappa shape index (κ3) is 3.34. The standard InChI is InChI=1S/C22H25N3O2/c1-16(26)25-19-11-5-6-13-24(22(27)18-10-7-12-23-15-18)21(19)14-20(25)17-8-3-2-4-9-17/h2-4,7-10,12,15,19-21H,5-6,11,13-14H2,1H3/t19-,20-,21+/m0/s1. The van der Waals surface area contributed by atoms with E-state index in [2.05, 4.69) is 17.1 Å². The molecule has 0 N–H and O–H groups in total. The maximum atomic E-state index is 13.2. The summed E-state index contributed by atoms with van der Waals surface area (Å²) < 4.78 is 0. The number of carbonyl (C=O) groups excluding carboxylic acids is 2. The van der Waals surface area contributed by atoms with Crippen LogP contribution in [0.25, 0.3) is 0 Å². The molecule has 0 unspecified atom stereocenters. The van der Waals surface area contributed by atoms with Crippen molar-refractivity contribution >= 4 is 11.8 Å². The van der Waals surface area contributed by atoms with Crippen LogP contribution in [0.15, 0.2) is 54.9 Å². The fourth-order valence-corrected chi connectivity index (χ4v) is 4.72. The van der Waals surface area contributed by atoms with Crippen molar-refractivity contribution in [3.05, 3.63) is 66.0 Å². The molecule has 0 spiro atoms. The fourth-order valence-electron chi connectivity index (χ4n) is 4.72. The van der Waals surface area contributed by atoms with E-state index in [4.69, 9.17) is 0 Å². The van der Waals surface area contributed by atoms with E-state index in [1.54, 1.807) is 25.4 Å². The first kappa shape index (κ1) is 17.7. The number of hydrogen-bond acceptors (Lipinski definition) is 3. The minimum atomic E-state index is 0.0252. The molecule has 1 aromatic heterocycles. The van der Waals surface area contributed by atoms with Crippen molar-refractivity contribution in [2.75, 3.05) is 6.54 Å². The van der Waals surface area contributed by atoms with Gasteiger partial charge in [0.05, 0.1) is 23.7 Å². The van der Waals surface area contributed by atoms with E-state index in [1.165, 1.54) is 0 Å². The Morgan fingerprint density at radius 3 is 2.56 bits per heavy atom. The molecular formula is C22H25N3O2. The molecule has 27 heavy (non-hydrogen) atoms. The van der Waals surface area contributed by atoms with E-state index < -0.39 is 0 Å². The highest BCUT2D eigenvalue weighted by atomic mass is 16.2. The number of hydrogen-bond donors (Lipinski definition) is 0. The van der Waals surface area contributed by atoms with Gasteiger partial charge in [-0.05, 0) is 43.4 Å². The van der Waals surface area contributed by atoms with Gasteiger partial charge in [0.25, 0.3) is 5.91 Å². The average Bonchev–Trinajstić information content (AvgIpc) is 2.97. The SMILES string of the molecule is CC(=O)N1[C@H](c2ccccc2)C[C@@H]2[C@@H]1CCCCN2C(=O)c1cccnc1. The number of nitrogens with zero attached hydrogens (tertiary/aromatic N) is 3. The average molecular weight is 363 g/mol. The quantitative estimate of drug-likeness (QED) is 0.821. The molecule has 5 heteroatoms. The monoisotopic (exact) mass is 363 g/mol. The Kier molecular flexibility index (Phi) is 4.92. The Bertz CT molecular complexity index is 809. The zero-order valence-electron chi connectivity index (χ0n) is 15.6. The van der Waals surface area contributed by atoms with E-state index in [1.807, 2.05) is 34.1 Å². The minimum Gasteiger partial charge on any atom is -0.333 e. The van der Waals surface area contributed by atoms with Crippen molar-refractivity contribution < 1.29 is 9.59 Å². The second-order valence-electron chi connectivity index (χ2n) is 7.46. The summed E-state index contributed by atoms with van der Waals surface area (Å²) in [5.74, 6) is 0.115. The summed E-state index contributed by atoms with van der Waals surface area (Å²) in [4.78, 5) is 33.9. The molecule has 4 rings (SSSR count). The predicted octanol–water partition coefficient (Wildman–Crippen LogP) is 3.44. The Morgan fingerprint density at radius 1 is 1.04 bits per heavy atom. The van der Waals surface area contributed by atoms with Gasteiger partial charge in [0.2, 0.25) is 5.91 Å². The van der Waals surface area contributed by atoms with Crippen LogP contribution in [0.1, 0.15) is 54.6 Å². The van der Waals surface area contributed by atoms with Crippen LogP contribution >= 0.6 is 0 Å². The number of fused-ring (bicyclic) bond motifs is 1. The highest BCUT2D eigenvalue weighted by Crippen LogP contribution is 2.42. The number of likely N-dealkylation sites (tertiary alicyclic amines) is 2. The lowest BCUT2D eigenvalue weighted by atomic mass is 10.00. The zero-order chi connectivity index (χ0) is 18.8. The van der Waals surface area contributed by atoms with E-state index >= 15 is 0 Å². The van der Waals surface area contributed by atoms with Gasteiger partial charge < -0.3 is 9.80 Å². The molecule has 2 aliphatic rings. The van der Waals surface area contributed by atoms with Gasteiger partial charge in [-0.1, -0.05) is 30.3 Å². The van der Waals surface area contributed by atoms with Crippen LogP contribution in [0.5, 0.6) is 0 Å². The van der Waals surface area contributed by atoms with Crippen molar-refractivity contribution in [2.45, 2.75) is 50.7 Å². The largest absolute Gasteiger partial charge is 0.333 e. The van der Waals surface area contributed by atoms with Gasteiger partial charge in [0.15, 0.2) is 0 Å². The van der Waals surface area contributed by atoms with Crippen LogP contribution < -0.4 is 0 Å². The van der Waals surface area contributed by atoms with Gasteiger partial charge in [0, 0.05) is 25.9 Å². The number of aromatic nitrogens is 1. The van der Waals surface area contributed by atoms with Crippen molar-refractivity contribution in [1.29, 1.82) is 0 Å². The second-order valence-corrected chi connectivity index (χ2v) is 7.46. The van der Waals surface area contributed by atoms with Crippen LogP contribution in [-0.2, 0) is 4.79 Å². The van der Waals surface area contributed by atoms with Crippen LogP contribution in [0.4, 0.5) is 0 Å². The summed E-state index contributed by atoms with van der Waals surface area (Å²) in [7, 11) is 0. The molecule has 0 saturated carbocycles. The van der Waals surface area contributed by atoms with Gasteiger partial charge in [-0.15, -0.1) is 0 Å². The summed E-state index contributed by atoms with van der Waals surface area (Å²) in [5.41, 5.74) is 1.77. The van der Waals surface area contributed by atoms with Gasteiger partial charge in [-0.25, -0.2) is 0 Å². The number of amides is 2. The predicted molar refractivity (Wildman–Crippen MR) is 103 cm³/mol. The second kappa shape index (κ2) is 7.51. The highest BCUT2D eigenvalue weighted by molar-refractivity contribution is 5.94. The minimum absolute atomic E-state index is 0.0252. The highest BCUT2D eigenvalue weighted by Gasteiger charge is 2.47. The number of pyridine rings is 1. The van der Waals surface area contributed by atoms with Crippen molar-refractivity contribution in [1.82, 2.24) is 14.8 Å². The molecule has 2 saturated heterocycles. The first-order chi connectivity index (χ1) is 13.2. The first-order valence-electron chi connectivity index (χ1n) is 9.71. The van der Waals surface area contributed by atoms with Crippen LogP contribution in [-0.4, -0.2) is 45.2 Å². The summed E-state index contributed by atoms with van der Waals surface area (Å²) in [5, 5.41) is 0. The molecule has 5 nitrogen and oxygen atoms in total. The van der Waals surface area contributed by atoms with Crippen LogP contribution in [0.3, 0.4) is 0 Å². The molecular weight excluding hydrogens is 338 g/mol. The lowest BCUT2D eigenvalue weighted by Crippen LogP contribution is -2.47. The summed E-state index contributed by atoms with van der Waals surface area (Å²) in [6.07, 6.45) is 7.06. The molecule has 0 aliphatic carbocycles. The van der Waals surface area contributed by atoms with Crippen molar-refractivity contribution in [2.24, 2.45) is 0 Å². The van der Waals surface area contributed by atoms with Gasteiger partial charge in [-0.3, -0.25) is 14.6 Å². The molecule has 2 fully saturated rings. The summed E-state index contributed by atoms with van der Waals surface area (Å²) >= 11 is 0. The smallest absolute Gasteiger partial charge is 0.255 e. The van der Waals surface area contributed by atoms with Gasteiger partial charge in [0.1, 0.15) is 0 Å². The Morgan fingerprint density at radius 2 is 1.85 bits per heavy atom. The zero-order valence-corrected chi connectivity index (χ0v) is 15.6. The summed E-state index contributed by atoms with van der Waals surface area (Å²) in [6.45, 7) is 2.39. The van der Waals surface area contributed by atoms with E-state index in [0.29, 0.717) is 5.56 Å². The first-order valence-corrected chi connectivity index (χ1v) is 9.71. The van der Waals surface area contributed by atoms with Gasteiger partial charge >= 0.3 is 0 Å². The molecule has 2 aromatic rings. The normalized spacial score (nSPS) is 25.0. The number of carbonyl (C=O) groups is 2. The van der Waals surface area contributed by atoms with Crippen molar-refractivity contribution in [3.8, 4) is 0 Å². The topological polar surface area (TPSA) is 53.5 Å². The Balaban J connectivity index is 1.69. The Labute approximate surface area is 160 Å². The van der Waals surface area contributed by atoms with E-state index in [-0.39, 0.29) is 29.9 Å². The van der Waals surface area contributed by atoms with Crippen LogP contribution in [0, 0.1) is 0 Å². The lowest BCUT2D eigenvalue weighted by Gasteiger charge is -2.33. The van der Waals surface area contributed by atoms with Crippen LogP contribution in [0.2, 0.25) is 0 Å². The Hall–Kier alpha value is -2.69. The van der Waals surface area contributed by atoms with Crippen molar-refractivity contribution in [3.63, 3.8) is 0 Å². The van der Waals surface area contributed by atoms with E-state index in [9.17, 15) is 9.59 Å². The molecule has 2 amide bonds. The molecule has 0 bridgehead atoms. The van der Waals surface area contributed by atoms with E-state index in [0.717, 1.165) is 37.8 Å². The molecule has 3 heterocycles. The molecule has 1 aromatic carbocycles. The molecule has 0 radical (unpaired) electrons. The maximum Gasteiger partial charge on any atom is 0.255 e. The molecule has 140 valence electrons. The number of benzene rings is 1. The van der Waals surface area contributed by atoms with Gasteiger partial charge in [-0.2, -0.15) is 0 Å². The summed E-state index contributed by atoms with van der Waals surface area (Å²) in [6, 6.07) is 14.0.